The molecule has 0 bridgehead atoms. The van der Waals surface area contributed by atoms with E-state index >= 15 is 0 Å². The summed E-state index contributed by atoms with van der Waals surface area (Å²) in [4.78, 5) is 19.1. The van der Waals surface area contributed by atoms with Crippen LogP contribution in [0.4, 0.5) is 13.2 Å². The Labute approximate surface area is 155 Å². The summed E-state index contributed by atoms with van der Waals surface area (Å²) in [5.74, 6) is 0.275. The van der Waals surface area contributed by atoms with E-state index in [4.69, 9.17) is 0 Å². The fourth-order valence-corrected chi connectivity index (χ4v) is 3.66. The minimum atomic E-state index is -4.60. The van der Waals surface area contributed by atoms with E-state index in [2.05, 4.69) is 20.2 Å². The third-order valence-electron chi connectivity index (χ3n) is 5.08. The lowest BCUT2D eigenvalue weighted by Crippen LogP contribution is -2.19. The van der Waals surface area contributed by atoms with Gasteiger partial charge in [0.25, 0.3) is 0 Å². The van der Waals surface area contributed by atoms with Gasteiger partial charge in [-0.05, 0) is 38.8 Å². The lowest BCUT2D eigenvalue weighted by atomic mass is 10.1. The number of benzene rings is 1. The maximum absolute atomic E-state index is 13.3. The molecule has 1 aliphatic carbocycles. The SMILES string of the molecule is Cc1nn(C2CC2)c(C)c1-c1nc2c3cccc(C(F)(F)F)c3[nH]c(=O)n2n1. The number of nitrogens with zero attached hydrogens (tertiary/aromatic N) is 5. The first-order chi connectivity index (χ1) is 13.3. The first-order valence-electron chi connectivity index (χ1n) is 8.81. The van der Waals surface area contributed by atoms with Crippen LogP contribution in [0.1, 0.15) is 35.8 Å². The van der Waals surface area contributed by atoms with E-state index in [0.717, 1.165) is 34.8 Å². The van der Waals surface area contributed by atoms with Gasteiger partial charge in [-0.25, -0.2) is 9.78 Å². The molecule has 0 radical (unpaired) electrons. The summed E-state index contributed by atoms with van der Waals surface area (Å²) in [5, 5.41) is 8.99. The molecule has 1 aliphatic rings. The van der Waals surface area contributed by atoms with Crippen molar-refractivity contribution in [2.75, 3.05) is 0 Å². The Morgan fingerprint density at radius 2 is 1.93 bits per heavy atom. The van der Waals surface area contributed by atoms with Gasteiger partial charge in [0.05, 0.1) is 28.4 Å². The van der Waals surface area contributed by atoms with Crippen LogP contribution >= 0.6 is 0 Å². The molecular formula is C18H15F3N6O. The molecular weight excluding hydrogens is 373 g/mol. The predicted molar refractivity (Wildman–Crippen MR) is 95.1 cm³/mol. The number of hydrogen-bond acceptors (Lipinski definition) is 4. The second-order valence-corrected chi connectivity index (χ2v) is 7.05. The van der Waals surface area contributed by atoms with Gasteiger partial charge in [0.15, 0.2) is 11.5 Å². The van der Waals surface area contributed by atoms with Gasteiger partial charge in [-0.1, -0.05) is 6.07 Å². The molecule has 1 aromatic carbocycles. The topological polar surface area (TPSA) is 80.9 Å². The number of rotatable bonds is 2. The number of alkyl halides is 3. The van der Waals surface area contributed by atoms with Crippen molar-refractivity contribution >= 4 is 16.6 Å². The summed E-state index contributed by atoms with van der Waals surface area (Å²) in [6.45, 7) is 3.74. The quantitative estimate of drug-likeness (QED) is 0.571. The summed E-state index contributed by atoms with van der Waals surface area (Å²) >= 11 is 0. The zero-order chi connectivity index (χ0) is 19.8. The fourth-order valence-electron chi connectivity index (χ4n) is 3.66. The molecule has 0 atom stereocenters. The normalized spacial score (nSPS) is 15.0. The molecule has 7 nitrogen and oxygen atoms in total. The Morgan fingerprint density at radius 3 is 2.61 bits per heavy atom. The summed E-state index contributed by atoms with van der Waals surface area (Å²) in [6.07, 6.45) is -2.47. The zero-order valence-electron chi connectivity index (χ0n) is 15.0. The van der Waals surface area contributed by atoms with Crippen LogP contribution in [0.25, 0.3) is 27.9 Å². The molecule has 0 amide bonds. The molecule has 1 fully saturated rings. The van der Waals surface area contributed by atoms with E-state index in [9.17, 15) is 18.0 Å². The Morgan fingerprint density at radius 1 is 1.18 bits per heavy atom. The van der Waals surface area contributed by atoms with Crippen LogP contribution in [0.5, 0.6) is 0 Å². The van der Waals surface area contributed by atoms with Crippen LogP contribution in [-0.2, 0) is 6.18 Å². The highest BCUT2D eigenvalue weighted by atomic mass is 19.4. The molecule has 28 heavy (non-hydrogen) atoms. The Hall–Kier alpha value is -3.17. The van der Waals surface area contributed by atoms with Crippen molar-refractivity contribution < 1.29 is 13.2 Å². The van der Waals surface area contributed by atoms with Crippen molar-refractivity contribution in [2.45, 2.75) is 38.9 Å². The van der Waals surface area contributed by atoms with E-state index in [1.54, 1.807) is 0 Å². The first kappa shape index (κ1) is 17.0. The van der Waals surface area contributed by atoms with E-state index in [1.807, 2.05) is 18.5 Å². The van der Waals surface area contributed by atoms with Crippen LogP contribution in [0.3, 0.4) is 0 Å². The smallest absolute Gasteiger partial charge is 0.305 e. The lowest BCUT2D eigenvalue weighted by Gasteiger charge is -2.09. The van der Waals surface area contributed by atoms with Crippen LogP contribution in [0.2, 0.25) is 0 Å². The number of nitrogens with one attached hydrogen (secondary N) is 1. The zero-order valence-corrected chi connectivity index (χ0v) is 15.0. The van der Waals surface area contributed by atoms with Crippen molar-refractivity contribution in [3.8, 4) is 11.4 Å². The summed E-state index contributed by atoms with van der Waals surface area (Å²) in [6, 6.07) is 4.07. The maximum atomic E-state index is 13.3. The Bertz CT molecular complexity index is 1310. The number of para-hydroxylation sites is 1. The highest BCUT2D eigenvalue weighted by Crippen LogP contribution is 2.38. The van der Waals surface area contributed by atoms with Crippen molar-refractivity contribution in [2.24, 2.45) is 0 Å². The molecule has 1 saturated carbocycles. The van der Waals surface area contributed by atoms with Gasteiger partial charge in [0.2, 0.25) is 0 Å². The van der Waals surface area contributed by atoms with E-state index in [0.29, 0.717) is 11.6 Å². The van der Waals surface area contributed by atoms with Gasteiger partial charge in [0.1, 0.15) is 0 Å². The number of halogens is 3. The number of H-pyrrole nitrogens is 1. The van der Waals surface area contributed by atoms with E-state index in [1.165, 1.54) is 12.1 Å². The molecule has 144 valence electrons. The molecule has 0 unspecified atom stereocenters. The monoisotopic (exact) mass is 388 g/mol. The van der Waals surface area contributed by atoms with Crippen LogP contribution in [0, 0.1) is 13.8 Å². The fraction of sp³-hybridized carbons (Fsp3) is 0.333. The average Bonchev–Trinajstić information content (AvgIpc) is 3.29. The molecule has 3 heterocycles. The van der Waals surface area contributed by atoms with Crippen molar-refractivity contribution in [3.63, 3.8) is 0 Å². The number of hydrogen-bond donors (Lipinski definition) is 1. The van der Waals surface area contributed by atoms with Crippen molar-refractivity contribution in [1.29, 1.82) is 0 Å². The largest absolute Gasteiger partial charge is 0.418 e. The van der Waals surface area contributed by atoms with Gasteiger partial charge in [-0.3, -0.25) is 4.68 Å². The van der Waals surface area contributed by atoms with E-state index < -0.39 is 17.4 Å². The average molecular weight is 388 g/mol. The minimum Gasteiger partial charge on any atom is -0.305 e. The van der Waals surface area contributed by atoms with Gasteiger partial charge in [0, 0.05) is 11.1 Å². The van der Waals surface area contributed by atoms with Gasteiger partial charge in [-0.2, -0.15) is 22.8 Å². The van der Waals surface area contributed by atoms with Crippen LogP contribution in [0.15, 0.2) is 23.0 Å². The first-order valence-corrected chi connectivity index (χ1v) is 8.81. The third kappa shape index (κ3) is 2.36. The molecule has 0 saturated heterocycles. The summed E-state index contributed by atoms with van der Waals surface area (Å²) in [7, 11) is 0. The van der Waals surface area contributed by atoms with Crippen LogP contribution in [-0.4, -0.2) is 29.4 Å². The highest BCUT2D eigenvalue weighted by molar-refractivity contribution is 5.93. The predicted octanol–water partition coefficient (Wildman–Crippen LogP) is 3.40. The Kier molecular flexibility index (Phi) is 3.29. The van der Waals surface area contributed by atoms with Gasteiger partial charge in [-0.15, -0.1) is 5.10 Å². The lowest BCUT2D eigenvalue weighted by molar-refractivity contribution is -0.136. The molecule has 3 aromatic heterocycles. The van der Waals surface area contributed by atoms with Crippen LogP contribution < -0.4 is 5.69 Å². The summed E-state index contributed by atoms with van der Waals surface area (Å²) in [5.41, 5.74) is 0.400. The maximum Gasteiger partial charge on any atom is 0.418 e. The Balaban J connectivity index is 1.80. The molecule has 0 aliphatic heterocycles. The van der Waals surface area contributed by atoms with Crippen molar-refractivity contribution in [1.82, 2.24) is 29.4 Å². The molecule has 1 N–H and O–H groups in total. The molecule has 5 rings (SSSR count). The second-order valence-electron chi connectivity index (χ2n) is 7.05. The number of aromatic amines is 1. The van der Waals surface area contributed by atoms with E-state index in [-0.39, 0.29) is 22.4 Å². The summed E-state index contributed by atoms with van der Waals surface area (Å²) < 4.78 is 42.9. The third-order valence-corrected chi connectivity index (χ3v) is 5.08. The number of aromatic nitrogens is 6. The molecule has 10 heteroatoms. The van der Waals surface area contributed by atoms with Gasteiger partial charge >= 0.3 is 11.9 Å². The number of fused-ring (bicyclic) bond motifs is 3. The van der Waals surface area contributed by atoms with Gasteiger partial charge < -0.3 is 4.98 Å². The highest BCUT2D eigenvalue weighted by Gasteiger charge is 2.34. The van der Waals surface area contributed by atoms with Crippen molar-refractivity contribution in [3.05, 3.63) is 45.6 Å². The second kappa shape index (κ2) is 5.43. The standard InChI is InChI=1S/C18H15F3N6O/c1-8-13(9(2)26(24-8)10-6-7-10)15-23-16-11-4-3-5-12(18(19,20)21)14(11)22-17(28)27(16)25-15/h3-5,10H,6-7H2,1-2H3,(H,22,28). The number of aryl methyl sites for hydroxylation is 1. The minimum absolute atomic E-state index is 0.0813. The molecule has 4 aromatic rings. The molecule has 0 spiro atoms.